The Morgan fingerprint density at radius 1 is 1.47 bits per heavy atom. The van der Waals surface area contributed by atoms with Crippen LogP contribution in [0, 0.1) is 11.3 Å². The molecule has 4 nitrogen and oxygen atoms in total. The van der Waals surface area contributed by atoms with Gasteiger partial charge in [-0.3, -0.25) is 0 Å². The lowest BCUT2D eigenvalue weighted by Crippen LogP contribution is -2.30. The molecule has 0 unspecified atom stereocenters. The summed E-state index contributed by atoms with van der Waals surface area (Å²) in [4.78, 5) is 6.84. The van der Waals surface area contributed by atoms with Crippen molar-refractivity contribution < 1.29 is 0 Å². The van der Waals surface area contributed by atoms with Crippen LogP contribution < -0.4 is 10.6 Å². The number of nitrogen functional groups attached to an aromatic ring is 1. The number of nitrogens with two attached hydrogens (primary N) is 1. The molecule has 0 spiro atoms. The number of benzene rings is 1. The lowest BCUT2D eigenvalue weighted by molar-refractivity contribution is 0.731. The average Bonchev–Trinajstić information content (AvgIpc) is 2.80. The van der Waals surface area contributed by atoms with Gasteiger partial charge >= 0.3 is 0 Å². The van der Waals surface area contributed by atoms with Crippen molar-refractivity contribution in [1.82, 2.24) is 4.98 Å². The van der Waals surface area contributed by atoms with E-state index in [0.717, 1.165) is 35.9 Å². The van der Waals surface area contributed by atoms with Gasteiger partial charge in [-0.1, -0.05) is 35.1 Å². The zero-order valence-corrected chi connectivity index (χ0v) is 11.6. The minimum absolute atomic E-state index is 0.286. The Bertz CT molecular complexity index is 674. The molecule has 19 heavy (non-hydrogen) atoms. The van der Waals surface area contributed by atoms with Gasteiger partial charge in [-0.15, -0.1) is 0 Å². The fourth-order valence-electron chi connectivity index (χ4n) is 2.27. The molecule has 2 aromatic rings. The average molecular weight is 291 g/mol. The maximum atomic E-state index is 8.93. The van der Waals surface area contributed by atoms with Gasteiger partial charge in [0.2, 0.25) is 0 Å². The van der Waals surface area contributed by atoms with Gasteiger partial charge in [0.25, 0.3) is 0 Å². The summed E-state index contributed by atoms with van der Waals surface area (Å²) in [5, 5.41) is 10.0. The van der Waals surface area contributed by atoms with Crippen LogP contribution in [0.25, 0.3) is 0 Å². The van der Waals surface area contributed by atoms with E-state index < -0.39 is 0 Å². The Kier molecular flexibility index (Phi) is 3.05. The van der Waals surface area contributed by atoms with Crippen molar-refractivity contribution in [3.05, 3.63) is 39.4 Å². The highest BCUT2D eigenvalue weighted by Gasteiger charge is 2.21. The lowest BCUT2D eigenvalue weighted by atomic mass is 9.98. The maximum absolute atomic E-state index is 8.93. The summed E-state index contributed by atoms with van der Waals surface area (Å²) in [7, 11) is 0. The van der Waals surface area contributed by atoms with Gasteiger partial charge in [0.1, 0.15) is 10.9 Å². The maximum Gasteiger partial charge on any atom is 0.188 e. The van der Waals surface area contributed by atoms with Gasteiger partial charge in [0.05, 0.1) is 0 Å². The molecular formula is C13H11ClN4S. The number of hydrogen-bond donors (Lipinski definition) is 1. The van der Waals surface area contributed by atoms with Crippen LogP contribution in [-0.4, -0.2) is 11.5 Å². The van der Waals surface area contributed by atoms with Gasteiger partial charge in [-0.2, -0.15) is 5.26 Å². The first-order chi connectivity index (χ1) is 9.19. The number of halogens is 1. The molecule has 6 heteroatoms. The van der Waals surface area contributed by atoms with Crippen molar-refractivity contribution in [2.24, 2.45) is 0 Å². The number of nitrogens with zero attached hydrogens (tertiary/aromatic N) is 3. The van der Waals surface area contributed by atoms with E-state index in [1.807, 2.05) is 12.1 Å². The first-order valence-electron chi connectivity index (χ1n) is 5.86. The third-order valence-corrected chi connectivity index (χ3v) is 4.66. The molecule has 2 N–H and O–H groups in total. The molecule has 1 aliphatic heterocycles. The molecule has 0 fully saturated rings. The second-order valence-electron chi connectivity index (χ2n) is 4.38. The van der Waals surface area contributed by atoms with E-state index in [1.54, 1.807) is 0 Å². The lowest BCUT2D eigenvalue weighted by Gasteiger charge is -2.29. The zero-order valence-electron chi connectivity index (χ0n) is 10.1. The van der Waals surface area contributed by atoms with E-state index in [4.69, 9.17) is 22.6 Å². The van der Waals surface area contributed by atoms with Crippen LogP contribution in [0.2, 0.25) is 5.15 Å². The highest BCUT2D eigenvalue weighted by Crippen LogP contribution is 2.33. The largest absolute Gasteiger partial charge is 0.398 e. The third-order valence-electron chi connectivity index (χ3n) is 3.26. The van der Waals surface area contributed by atoms with E-state index >= 15 is 0 Å². The van der Waals surface area contributed by atoms with Gasteiger partial charge < -0.3 is 10.6 Å². The van der Waals surface area contributed by atoms with Gasteiger partial charge in [-0.25, -0.2) is 4.98 Å². The summed E-state index contributed by atoms with van der Waals surface area (Å²) >= 11 is 7.25. The van der Waals surface area contributed by atoms with Crippen LogP contribution in [0.1, 0.15) is 16.0 Å². The predicted octanol–water partition coefficient (Wildman–Crippen LogP) is 2.81. The summed E-state index contributed by atoms with van der Waals surface area (Å²) in [6, 6.07) is 8.07. The normalized spacial score (nSPS) is 14.0. The van der Waals surface area contributed by atoms with Crippen LogP contribution in [0.3, 0.4) is 0 Å². The van der Waals surface area contributed by atoms with Crippen molar-refractivity contribution in [2.45, 2.75) is 13.0 Å². The SMILES string of the molecule is N#Cc1sc(N2CCc3cccc(N)c3C2)nc1Cl. The van der Waals surface area contributed by atoms with Gasteiger partial charge in [-0.05, 0) is 23.6 Å². The third kappa shape index (κ3) is 2.14. The highest BCUT2D eigenvalue weighted by atomic mass is 35.5. The smallest absolute Gasteiger partial charge is 0.188 e. The van der Waals surface area contributed by atoms with Crippen LogP contribution >= 0.6 is 22.9 Å². The van der Waals surface area contributed by atoms with Crippen LogP contribution in [0.15, 0.2) is 18.2 Å². The molecule has 0 atom stereocenters. The Hall–Kier alpha value is -1.77. The van der Waals surface area contributed by atoms with Crippen molar-refractivity contribution >= 4 is 33.8 Å². The van der Waals surface area contributed by atoms with E-state index in [0.29, 0.717) is 4.88 Å². The monoisotopic (exact) mass is 290 g/mol. The summed E-state index contributed by atoms with van der Waals surface area (Å²) in [6.45, 7) is 1.59. The first-order valence-corrected chi connectivity index (χ1v) is 7.06. The second kappa shape index (κ2) is 4.72. The minimum atomic E-state index is 0.286. The molecule has 1 aromatic heterocycles. The number of rotatable bonds is 1. The number of aromatic nitrogens is 1. The van der Waals surface area contributed by atoms with E-state index in [-0.39, 0.29) is 5.15 Å². The summed E-state index contributed by atoms with van der Waals surface area (Å²) < 4.78 is 0. The number of anilines is 2. The molecule has 3 rings (SSSR count). The Morgan fingerprint density at radius 3 is 3.05 bits per heavy atom. The number of fused-ring (bicyclic) bond motifs is 1. The zero-order chi connectivity index (χ0) is 13.4. The van der Waals surface area contributed by atoms with Gasteiger partial charge in [0, 0.05) is 18.8 Å². The van der Waals surface area contributed by atoms with Gasteiger partial charge in [0.15, 0.2) is 10.3 Å². The standard InChI is InChI=1S/C13H11ClN4S/c14-12-11(6-15)19-13(17-12)18-5-4-8-2-1-3-10(16)9(8)7-18/h1-3H,4-5,7,16H2. The Morgan fingerprint density at radius 2 is 2.32 bits per heavy atom. The fourth-order valence-corrected chi connectivity index (χ4v) is 3.33. The molecule has 1 aliphatic rings. The summed E-state index contributed by atoms with van der Waals surface area (Å²) in [5.74, 6) is 0. The topological polar surface area (TPSA) is 65.9 Å². The molecule has 0 amide bonds. The van der Waals surface area contributed by atoms with Crippen LogP contribution in [0.5, 0.6) is 0 Å². The highest BCUT2D eigenvalue weighted by molar-refractivity contribution is 7.16. The van der Waals surface area contributed by atoms with E-state index in [1.165, 1.54) is 16.9 Å². The molecule has 0 aliphatic carbocycles. The molecule has 96 valence electrons. The summed E-state index contributed by atoms with van der Waals surface area (Å²) in [5.41, 5.74) is 9.27. The van der Waals surface area contributed by atoms with Crippen molar-refractivity contribution in [3.8, 4) is 6.07 Å². The second-order valence-corrected chi connectivity index (χ2v) is 5.72. The molecule has 2 heterocycles. The van der Waals surface area contributed by atoms with Crippen molar-refractivity contribution in [3.63, 3.8) is 0 Å². The minimum Gasteiger partial charge on any atom is -0.398 e. The quantitative estimate of drug-likeness (QED) is 0.820. The van der Waals surface area contributed by atoms with Crippen LogP contribution in [-0.2, 0) is 13.0 Å². The molecule has 1 aromatic carbocycles. The Labute approximate surface area is 120 Å². The number of thiazole rings is 1. The number of nitriles is 1. The molecule has 0 radical (unpaired) electrons. The van der Waals surface area contributed by atoms with E-state index in [9.17, 15) is 0 Å². The van der Waals surface area contributed by atoms with E-state index in [2.05, 4.69) is 22.0 Å². The van der Waals surface area contributed by atoms with Crippen molar-refractivity contribution in [2.75, 3.05) is 17.2 Å². The first kappa shape index (κ1) is 12.3. The molecule has 0 bridgehead atoms. The molecular weight excluding hydrogens is 280 g/mol. The fraction of sp³-hybridized carbons (Fsp3) is 0.231. The molecule has 0 saturated carbocycles. The predicted molar refractivity (Wildman–Crippen MR) is 77.4 cm³/mol. The van der Waals surface area contributed by atoms with Crippen LogP contribution in [0.4, 0.5) is 10.8 Å². The van der Waals surface area contributed by atoms with Crippen molar-refractivity contribution in [1.29, 1.82) is 5.26 Å². The molecule has 0 saturated heterocycles. The Balaban J connectivity index is 1.93. The number of hydrogen-bond acceptors (Lipinski definition) is 5. The summed E-state index contributed by atoms with van der Waals surface area (Å²) in [6.07, 6.45) is 0.930.